The lowest BCUT2D eigenvalue weighted by Gasteiger charge is -2.30. The van der Waals surface area contributed by atoms with E-state index < -0.39 is 0 Å². The third-order valence-electron chi connectivity index (χ3n) is 3.64. The Morgan fingerprint density at radius 3 is 2.50 bits per heavy atom. The van der Waals surface area contributed by atoms with Gasteiger partial charge in [-0.15, -0.1) is 0 Å². The Labute approximate surface area is 86.7 Å². The number of ketones is 1. The van der Waals surface area contributed by atoms with Crippen LogP contribution >= 0.6 is 0 Å². The summed E-state index contributed by atoms with van der Waals surface area (Å²) in [5.41, 5.74) is -0.172. The van der Waals surface area contributed by atoms with E-state index in [1.54, 1.807) is 0 Å². The molecule has 2 rings (SSSR count). The molecule has 2 fully saturated rings. The number of hydrogen-bond donors (Lipinski definition) is 0. The zero-order chi connectivity index (χ0) is 10.5. The maximum atomic E-state index is 12.2. The first-order valence-electron chi connectivity index (χ1n) is 5.75. The van der Waals surface area contributed by atoms with E-state index in [1.807, 2.05) is 20.8 Å². The lowest BCUT2D eigenvalue weighted by Crippen LogP contribution is -2.43. The number of likely N-dealkylation sites (N-methyl/N-ethyl adjacent to an activating group) is 1. The fourth-order valence-electron chi connectivity index (χ4n) is 2.76. The number of piperidine rings is 1. The summed E-state index contributed by atoms with van der Waals surface area (Å²) >= 11 is 0. The van der Waals surface area contributed by atoms with Gasteiger partial charge in [-0.1, -0.05) is 27.7 Å². The van der Waals surface area contributed by atoms with E-state index in [1.165, 1.54) is 6.42 Å². The lowest BCUT2D eigenvalue weighted by atomic mass is 9.85. The second kappa shape index (κ2) is 3.06. The number of carbonyl (C=O) groups is 1. The highest BCUT2D eigenvalue weighted by Gasteiger charge is 2.54. The highest BCUT2D eigenvalue weighted by molar-refractivity contribution is 5.89. The molecule has 80 valence electrons. The lowest BCUT2D eigenvalue weighted by molar-refractivity contribution is -0.131. The first-order valence-corrected chi connectivity index (χ1v) is 5.75. The number of rotatable bonds is 2. The van der Waals surface area contributed by atoms with Gasteiger partial charge in [0.1, 0.15) is 0 Å². The van der Waals surface area contributed by atoms with E-state index >= 15 is 0 Å². The highest BCUT2D eigenvalue weighted by atomic mass is 16.1. The Bertz CT molecular complexity index is 254. The van der Waals surface area contributed by atoms with Crippen molar-refractivity contribution in [3.05, 3.63) is 0 Å². The predicted molar refractivity (Wildman–Crippen MR) is 57.1 cm³/mol. The maximum Gasteiger partial charge on any atom is 0.155 e. The van der Waals surface area contributed by atoms with Gasteiger partial charge in [0.05, 0.1) is 6.04 Å². The molecule has 1 aliphatic heterocycles. The SMILES string of the molecule is CCN1C(C(=O)C(C)(C)C)CC2CC21. The summed E-state index contributed by atoms with van der Waals surface area (Å²) < 4.78 is 0. The van der Waals surface area contributed by atoms with Gasteiger partial charge in [0.15, 0.2) is 5.78 Å². The molecule has 0 bridgehead atoms. The second-order valence-corrected chi connectivity index (χ2v) is 5.76. The van der Waals surface area contributed by atoms with Gasteiger partial charge < -0.3 is 0 Å². The van der Waals surface area contributed by atoms with Crippen molar-refractivity contribution in [1.29, 1.82) is 0 Å². The molecule has 0 radical (unpaired) electrons. The molecule has 1 saturated heterocycles. The standard InChI is InChI=1S/C12H21NO/c1-5-13-9-6-8(9)7-10(13)11(14)12(2,3)4/h8-10H,5-7H2,1-4H3. The summed E-state index contributed by atoms with van der Waals surface area (Å²) in [6.45, 7) is 9.31. The van der Waals surface area contributed by atoms with Crippen molar-refractivity contribution in [3.63, 3.8) is 0 Å². The number of Topliss-reactive ketones (excluding diaryl/α,β-unsaturated/α-hetero) is 1. The summed E-state index contributed by atoms with van der Waals surface area (Å²) in [6, 6.07) is 0.972. The molecule has 0 amide bonds. The van der Waals surface area contributed by atoms with E-state index in [4.69, 9.17) is 0 Å². The summed E-state index contributed by atoms with van der Waals surface area (Å²) in [5.74, 6) is 1.28. The van der Waals surface area contributed by atoms with Crippen LogP contribution in [0.5, 0.6) is 0 Å². The molecule has 0 N–H and O–H groups in total. The van der Waals surface area contributed by atoms with E-state index in [0.717, 1.165) is 24.9 Å². The van der Waals surface area contributed by atoms with Crippen LogP contribution in [0.2, 0.25) is 0 Å². The fraction of sp³-hybridized carbons (Fsp3) is 0.917. The molecule has 0 spiro atoms. The van der Waals surface area contributed by atoms with Crippen LogP contribution in [-0.2, 0) is 4.79 Å². The topological polar surface area (TPSA) is 20.3 Å². The van der Waals surface area contributed by atoms with Crippen molar-refractivity contribution in [2.75, 3.05) is 6.54 Å². The van der Waals surface area contributed by atoms with Crippen LogP contribution in [-0.4, -0.2) is 29.3 Å². The summed E-state index contributed by atoms with van der Waals surface area (Å²) in [5, 5.41) is 0. The van der Waals surface area contributed by atoms with Crippen LogP contribution in [0, 0.1) is 11.3 Å². The molecule has 2 heteroatoms. The molecule has 1 saturated carbocycles. The van der Waals surface area contributed by atoms with Gasteiger partial charge >= 0.3 is 0 Å². The van der Waals surface area contributed by atoms with Gasteiger partial charge in [-0.25, -0.2) is 0 Å². The largest absolute Gasteiger partial charge is 0.297 e. The Balaban J connectivity index is 2.08. The van der Waals surface area contributed by atoms with Crippen molar-refractivity contribution in [2.45, 2.75) is 52.6 Å². The molecule has 2 nitrogen and oxygen atoms in total. The first kappa shape index (κ1) is 10.2. The zero-order valence-corrected chi connectivity index (χ0v) is 9.71. The van der Waals surface area contributed by atoms with Crippen molar-refractivity contribution >= 4 is 5.78 Å². The molecule has 0 aromatic carbocycles. The quantitative estimate of drug-likeness (QED) is 0.672. The van der Waals surface area contributed by atoms with Crippen LogP contribution in [0.3, 0.4) is 0 Å². The molecule has 14 heavy (non-hydrogen) atoms. The zero-order valence-electron chi connectivity index (χ0n) is 9.71. The van der Waals surface area contributed by atoms with E-state index in [2.05, 4.69) is 11.8 Å². The van der Waals surface area contributed by atoms with E-state index in [9.17, 15) is 4.79 Å². The molecule has 3 atom stereocenters. The van der Waals surface area contributed by atoms with Crippen molar-refractivity contribution < 1.29 is 4.79 Å². The van der Waals surface area contributed by atoms with Gasteiger partial charge in [0.2, 0.25) is 0 Å². The molecular formula is C12H21NO. The highest BCUT2D eigenvalue weighted by Crippen LogP contribution is 2.48. The number of likely N-dealkylation sites (tertiary alicyclic amines) is 1. The van der Waals surface area contributed by atoms with Crippen molar-refractivity contribution in [3.8, 4) is 0 Å². The third kappa shape index (κ3) is 1.50. The normalized spacial score (nSPS) is 37.0. The molecule has 1 aliphatic carbocycles. The van der Waals surface area contributed by atoms with E-state index in [-0.39, 0.29) is 11.5 Å². The average molecular weight is 195 g/mol. The first-order chi connectivity index (χ1) is 6.45. The molecule has 1 heterocycles. The van der Waals surface area contributed by atoms with Crippen LogP contribution < -0.4 is 0 Å². The minimum atomic E-state index is -0.172. The fourth-order valence-corrected chi connectivity index (χ4v) is 2.76. The third-order valence-corrected chi connectivity index (χ3v) is 3.64. The van der Waals surface area contributed by atoms with Gasteiger partial charge in [-0.05, 0) is 25.3 Å². The second-order valence-electron chi connectivity index (χ2n) is 5.76. The van der Waals surface area contributed by atoms with Crippen molar-refractivity contribution in [1.82, 2.24) is 4.90 Å². The van der Waals surface area contributed by atoms with Crippen LogP contribution in [0.25, 0.3) is 0 Å². The predicted octanol–water partition coefficient (Wildman–Crippen LogP) is 2.08. The Morgan fingerprint density at radius 1 is 1.36 bits per heavy atom. The van der Waals surface area contributed by atoms with Crippen molar-refractivity contribution in [2.24, 2.45) is 11.3 Å². The molecular weight excluding hydrogens is 174 g/mol. The Morgan fingerprint density at radius 2 is 2.00 bits per heavy atom. The minimum Gasteiger partial charge on any atom is -0.297 e. The number of hydrogen-bond acceptors (Lipinski definition) is 2. The Hall–Kier alpha value is -0.370. The maximum absolute atomic E-state index is 12.2. The molecule has 2 aliphatic rings. The van der Waals surface area contributed by atoms with Crippen LogP contribution in [0.15, 0.2) is 0 Å². The average Bonchev–Trinajstić information content (AvgIpc) is 2.75. The van der Waals surface area contributed by atoms with Gasteiger partial charge in [-0.2, -0.15) is 0 Å². The number of nitrogens with zero attached hydrogens (tertiary/aromatic N) is 1. The summed E-state index contributed by atoms with van der Waals surface area (Å²) in [6.07, 6.45) is 2.45. The molecule has 0 aromatic heterocycles. The summed E-state index contributed by atoms with van der Waals surface area (Å²) in [7, 11) is 0. The minimum absolute atomic E-state index is 0.172. The summed E-state index contributed by atoms with van der Waals surface area (Å²) in [4.78, 5) is 14.6. The van der Waals surface area contributed by atoms with E-state index in [0.29, 0.717) is 5.78 Å². The number of carbonyl (C=O) groups excluding carboxylic acids is 1. The van der Waals surface area contributed by atoms with Crippen LogP contribution in [0.1, 0.15) is 40.5 Å². The molecule has 3 unspecified atom stereocenters. The van der Waals surface area contributed by atoms with Gasteiger partial charge in [0, 0.05) is 11.5 Å². The Kier molecular flexibility index (Phi) is 2.22. The van der Waals surface area contributed by atoms with Crippen LogP contribution in [0.4, 0.5) is 0 Å². The number of fused-ring (bicyclic) bond motifs is 1. The van der Waals surface area contributed by atoms with Gasteiger partial charge in [0.25, 0.3) is 0 Å². The smallest absolute Gasteiger partial charge is 0.155 e. The van der Waals surface area contributed by atoms with Gasteiger partial charge in [-0.3, -0.25) is 9.69 Å². The monoisotopic (exact) mass is 195 g/mol. The molecule has 0 aromatic rings.